The Kier molecular flexibility index (Phi) is 2.21. The number of rotatable bonds is 0. The average molecular weight is 317 g/mol. The van der Waals surface area contributed by atoms with E-state index in [1.807, 2.05) is 35.7 Å². The van der Waals surface area contributed by atoms with E-state index in [1.165, 1.54) is 5.56 Å². The third kappa shape index (κ3) is 1.04. The summed E-state index contributed by atoms with van der Waals surface area (Å²) in [5, 5.41) is 2.69. The van der Waals surface area contributed by atoms with Crippen molar-refractivity contribution in [3.63, 3.8) is 0 Å². The van der Waals surface area contributed by atoms with Gasteiger partial charge in [-0.1, -0.05) is 30.7 Å². The predicted molar refractivity (Wildman–Crippen MR) is 84.1 cm³/mol. The normalized spacial score (nSPS) is 38.5. The molecule has 108 valence electrons. The zero-order valence-corrected chi connectivity index (χ0v) is 13.1. The van der Waals surface area contributed by atoms with Crippen molar-refractivity contribution in [2.75, 3.05) is 11.5 Å². The van der Waals surface area contributed by atoms with Crippen molar-refractivity contribution >= 4 is 35.3 Å². The highest BCUT2D eigenvalue weighted by molar-refractivity contribution is 8.20. The molecule has 2 aliphatic heterocycles. The van der Waals surface area contributed by atoms with Crippen LogP contribution in [0.4, 0.5) is 0 Å². The van der Waals surface area contributed by atoms with E-state index in [9.17, 15) is 9.59 Å². The van der Waals surface area contributed by atoms with Gasteiger partial charge in [-0.3, -0.25) is 14.9 Å². The van der Waals surface area contributed by atoms with Crippen LogP contribution in [-0.4, -0.2) is 23.3 Å². The van der Waals surface area contributed by atoms with Crippen molar-refractivity contribution in [1.82, 2.24) is 5.32 Å². The Bertz CT molecular complexity index is 697. The molecule has 0 radical (unpaired) electrons. The average Bonchev–Trinajstić information content (AvgIpc) is 3.19. The van der Waals surface area contributed by atoms with Crippen LogP contribution in [0.1, 0.15) is 30.4 Å². The highest BCUT2D eigenvalue weighted by atomic mass is 32.2. The van der Waals surface area contributed by atoms with E-state index in [-0.39, 0.29) is 15.9 Å². The number of fused-ring (bicyclic) bond motifs is 2. The molecule has 5 heteroatoms. The molecule has 2 heterocycles. The predicted octanol–water partition coefficient (Wildman–Crippen LogP) is 2.40. The zero-order chi connectivity index (χ0) is 14.3. The fraction of sp³-hybridized carbons (Fsp3) is 0.500. The van der Waals surface area contributed by atoms with Gasteiger partial charge in [0, 0.05) is 11.5 Å². The molecule has 1 N–H and O–H groups in total. The van der Waals surface area contributed by atoms with Crippen LogP contribution < -0.4 is 5.32 Å². The number of imide groups is 1. The highest BCUT2D eigenvalue weighted by Gasteiger charge is 2.82. The number of carbonyl (C=O) groups excluding carboxylic acids is 2. The van der Waals surface area contributed by atoms with Crippen molar-refractivity contribution < 1.29 is 9.59 Å². The molecule has 0 aromatic heterocycles. The summed E-state index contributed by atoms with van der Waals surface area (Å²) in [5.74, 6) is 2.03. The summed E-state index contributed by atoms with van der Waals surface area (Å²) in [6.45, 7) is 0. The number of nitrogens with one attached hydrogen (secondary N) is 1. The number of carbonyl (C=O) groups is 2. The summed E-state index contributed by atoms with van der Waals surface area (Å²) in [5.41, 5.74) is 1.19. The van der Waals surface area contributed by atoms with Crippen LogP contribution in [0.2, 0.25) is 0 Å². The lowest BCUT2D eigenvalue weighted by Crippen LogP contribution is -2.48. The molecule has 1 aromatic carbocycles. The SMILES string of the molecule is O=C1NC(=O)[C@@]23CCC[C@@]12C1(SCCS1)c1ccccc13. The number of thioether (sulfide) groups is 2. The van der Waals surface area contributed by atoms with Crippen molar-refractivity contribution in [2.24, 2.45) is 5.41 Å². The molecule has 5 rings (SSSR count). The molecule has 0 bridgehead atoms. The van der Waals surface area contributed by atoms with E-state index in [1.54, 1.807) is 0 Å². The van der Waals surface area contributed by atoms with Gasteiger partial charge in [-0.2, -0.15) is 0 Å². The Morgan fingerprint density at radius 2 is 1.67 bits per heavy atom. The Morgan fingerprint density at radius 3 is 2.43 bits per heavy atom. The summed E-state index contributed by atoms with van der Waals surface area (Å²) < 4.78 is -0.254. The van der Waals surface area contributed by atoms with Crippen molar-refractivity contribution in [2.45, 2.75) is 28.8 Å². The molecule has 2 aliphatic carbocycles. The second-order valence-electron chi connectivity index (χ2n) is 6.31. The summed E-state index contributed by atoms with van der Waals surface area (Å²) in [4.78, 5) is 25.8. The van der Waals surface area contributed by atoms with Gasteiger partial charge in [0.05, 0.1) is 10.8 Å². The van der Waals surface area contributed by atoms with E-state index in [0.717, 1.165) is 36.3 Å². The molecule has 21 heavy (non-hydrogen) atoms. The molecule has 1 spiro atoms. The minimum Gasteiger partial charge on any atom is -0.295 e. The second kappa shape index (κ2) is 3.69. The van der Waals surface area contributed by atoms with E-state index < -0.39 is 10.8 Å². The Labute approximate surface area is 131 Å². The molecular formula is C16H15NO2S2. The van der Waals surface area contributed by atoms with Gasteiger partial charge >= 0.3 is 0 Å². The van der Waals surface area contributed by atoms with Crippen molar-refractivity contribution in [3.05, 3.63) is 35.4 Å². The Morgan fingerprint density at radius 1 is 0.952 bits per heavy atom. The van der Waals surface area contributed by atoms with Crippen molar-refractivity contribution in [3.8, 4) is 0 Å². The van der Waals surface area contributed by atoms with Gasteiger partial charge in [-0.05, 0) is 24.0 Å². The minimum atomic E-state index is -0.606. The van der Waals surface area contributed by atoms with Gasteiger partial charge < -0.3 is 0 Å². The van der Waals surface area contributed by atoms with Crippen LogP contribution in [-0.2, 0) is 19.1 Å². The summed E-state index contributed by atoms with van der Waals surface area (Å²) in [7, 11) is 0. The van der Waals surface area contributed by atoms with Crippen LogP contribution in [0.3, 0.4) is 0 Å². The first-order chi connectivity index (χ1) is 10.2. The number of hydrogen-bond acceptors (Lipinski definition) is 4. The quantitative estimate of drug-likeness (QED) is 0.747. The lowest BCUT2D eigenvalue weighted by atomic mass is 9.67. The molecule has 1 saturated carbocycles. The zero-order valence-electron chi connectivity index (χ0n) is 11.5. The standard InChI is InChI=1S/C16H15NO2S2/c18-12-14-6-3-7-15(14,13(19)17-12)16(20-8-9-21-16)11-5-2-1-4-10(11)14/h1-2,4-5H,3,6-9H2,(H,17,18,19)/t14-,15+/m0/s1. The van der Waals surface area contributed by atoms with Gasteiger partial charge in [0.1, 0.15) is 4.08 Å². The molecule has 2 amide bonds. The van der Waals surface area contributed by atoms with E-state index in [4.69, 9.17) is 0 Å². The second-order valence-corrected chi connectivity index (χ2v) is 9.18. The minimum absolute atomic E-state index is 0.0249. The maximum atomic E-state index is 12.9. The smallest absolute Gasteiger partial charge is 0.238 e. The van der Waals surface area contributed by atoms with Crippen LogP contribution >= 0.6 is 23.5 Å². The van der Waals surface area contributed by atoms with Crippen LogP contribution in [0.15, 0.2) is 24.3 Å². The number of hydrogen-bond donors (Lipinski definition) is 1. The first-order valence-corrected chi connectivity index (χ1v) is 9.40. The highest BCUT2D eigenvalue weighted by Crippen LogP contribution is 2.79. The largest absolute Gasteiger partial charge is 0.295 e. The molecule has 2 atom stereocenters. The molecule has 4 aliphatic rings. The van der Waals surface area contributed by atoms with Gasteiger partial charge in [0.2, 0.25) is 11.8 Å². The molecule has 0 unspecified atom stereocenters. The van der Waals surface area contributed by atoms with Crippen LogP contribution in [0.25, 0.3) is 0 Å². The van der Waals surface area contributed by atoms with E-state index >= 15 is 0 Å². The number of amides is 2. The fourth-order valence-electron chi connectivity index (χ4n) is 5.25. The lowest BCUT2D eigenvalue weighted by molar-refractivity contribution is -0.129. The molecular weight excluding hydrogens is 302 g/mol. The molecule has 3 nitrogen and oxygen atoms in total. The summed E-state index contributed by atoms with van der Waals surface area (Å²) >= 11 is 3.78. The fourth-order valence-corrected chi connectivity index (χ4v) is 9.22. The topological polar surface area (TPSA) is 46.2 Å². The van der Waals surface area contributed by atoms with Gasteiger partial charge in [0.25, 0.3) is 0 Å². The van der Waals surface area contributed by atoms with Gasteiger partial charge in [-0.25, -0.2) is 0 Å². The monoisotopic (exact) mass is 317 g/mol. The maximum absolute atomic E-state index is 12.9. The van der Waals surface area contributed by atoms with E-state index in [2.05, 4.69) is 17.4 Å². The Balaban J connectivity index is 1.94. The van der Waals surface area contributed by atoms with Gasteiger partial charge in [-0.15, -0.1) is 23.5 Å². The molecule has 3 fully saturated rings. The van der Waals surface area contributed by atoms with Crippen molar-refractivity contribution in [1.29, 1.82) is 0 Å². The third-order valence-corrected chi connectivity index (χ3v) is 9.56. The van der Waals surface area contributed by atoms with Crippen LogP contribution in [0, 0.1) is 5.41 Å². The lowest BCUT2D eigenvalue weighted by Gasteiger charge is -2.40. The first-order valence-electron chi connectivity index (χ1n) is 7.43. The maximum Gasteiger partial charge on any atom is 0.238 e. The molecule has 1 aromatic rings. The van der Waals surface area contributed by atoms with Crippen LogP contribution in [0.5, 0.6) is 0 Å². The molecule has 2 saturated heterocycles. The first kappa shape index (κ1) is 12.6. The number of benzene rings is 1. The summed E-state index contributed by atoms with van der Waals surface area (Å²) in [6, 6.07) is 8.29. The Hall–Kier alpha value is -0.940. The van der Waals surface area contributed by atoms with E-state index in [0.29, 0.717) is 0 Å². The summed E-state index contributed by atoms with van der Waals surface area (Å²) in [6.07, 6.45) is 2.61. The van der Waals surface area contributed by atoms with Gasteiger partial charge in [0.15, 0.2) is 0 Å². The third-order valence-electron chi connectivity index (χ3n) is 5.83.